The summed E-state index contributed by atoms with van der Waals surface area (Å²) in [6.45, 7) is 5.23. The Bertz CT molecular complexity index is 689. The van der Waals surface area contributed by atoms with E-state index in [4.69, 9.17) is 4.74 Å². The van der Waals surface area contributed by atoms with Gasteiger partial charge in [-0.05, 0) is 20.8 Å². The second-order valence-corrected chi connectivity index (χ2v) is 6.49. The molecule has 0 radical (unpaired) electrons. The zero-order valence-electron chi connectivity index (χ0n) is 12.4. The van der Waals surface area contributed by atoms with Gasteiger partial charge in [0.05, 0.1) is 5.69 Å². The predicted molar refractivity (Wildman–Crippen MR) is 84.4 cm³/mol. The van der Waals surface area contributed by atoms with Crippen LogP contribution in [0.5, 0.6) is 0 Å². The Morgan fingerprint density at radius 1 is 1.23 bits per heavy atom. The average Bonchev–Trinajstić information content (AvgIpc) is 2.81. The fourth-order valence-electron chi connectivity index (χ4n) is 1.70. The third kappa shape index (κ3) is 4.05. The van der Waals surface area contributed by atoms with Crippen molar-refractivity contribution in [3.8, 4) is 11.3 Å². The second-order valence-electron chi connectivity index (χ2n) is 5.49. The van der Waals surface area contributed by atoms with Crippen LogP contribution in [-0.4, -0.2) is 27.8 Å². The minimum absolute atomic E-state index is 0.0669. The van der Waals surface area contributed by atoms with E-state index in [1.807, 2.05) is 6.07 Å². The number of aromatic carboxylic acids is 1. The smallest absolute Gasteiger partial charge is 0.413 e. The molecule has 1 aromatic heterocycles. The van der Waals surface area contributed by atoms with Gasteiger partial charge in [-0.15, -0.1) is 0 Å². The Morgan fingerprint density at radius 3 is 2.41 bits per heavy atom. The van der Waals surface area contributed by atoms with E-state index in [1.54, 1.807) is 45.0 Å². The zero-order chi connectivity index (χ0) is 16.3. The first-order chi connectivity index (χ1) is 10.3. The Kier molecular flexibility index (Phi) is 4.46. The van der Waals surface area contributed by atoms with Crippen molar-refractivity contribution in [2.24, 2.45) is 0 Å². The van der Waals surface area contributed by atoms with Crippen molar-refractivity contribution in [2.45, 2.75) is 26.4 Å². The third-order valence-electron chi connectivity index (χ3n) is 2.48. The summed E-state index contributed by atoms with van der Waals surface area (Å²) < 4.78 is 5.13. The molecule has 0 fully saturated rings. The van der Waals surface area contributed by atoms with Crippen LogP contribution in [0.15, 0.2) is 30.3 Å². The fraction of sp³-hybridized carbons (Fsp3) is 0.267. The number of aromatic nitrogens is 1. The van der Waals surface area contributed by atoms with Crippen molar-refractivity contribution in [3.63, 3.8) is 0 Å². The molecule has 1 amide bonds. The van der Waals surface area contributed by atoms with Crippen LogP contribution in [0.1, 0.15) is 30.4 Å². The van der Waals surface area contributed by atoms with E-state index >= 15 is 0 Å². The van der Waals surface area contributed by atoms with Crippen LogP contribution < -0.4 is 5.32 Å². The van der Waals surface area contributed by atoms with Gasteiger partial charge in [0.25, 0.3) is 0 Å². The number of anilines is 1. The molecule has 7 heteroatoms. The summed E-state index contributed by atoms with van der Waals surface area (Å²) in [5.74, 6) is -1.09. The van der Waals surface area contributed by atoms with E-state index in [1.165, 1.54) is 0 Å². The van der Waals surface area contributed by atoms with Gasteiger partial charge in [-0.25, -0.2) is 14.6 Å². The minimum Gasteiger partial charge on any atom is -0.477 e. The number of carboxylic acid groups (broad SMARTS) is 1. The number of hydrogen-bond donors (Lipinski definition) is 2. The number of carboxylic acids is 1. The van der Waals surface area contributed by atoms with Crippen LogP contribution in [0.2, 0.25) is 0 Å². The van der Waals surface area contributed by atoms with E-state index in [2.05, 4.69) is 10.3 Å². The number of carbonyl (C=O) groups is 2. The van der Waals surface area contributed by atoms with Crippen molar-refractivity contribution in [1.29, 1.82) is 0 Å². The molecule has 0 spiro atoms. The molecule has 0 saturated carbocycles. The molecule has 22 heavy (non-hydrogen) atoms. The average molecular weight is 320 g/mol. The van der Waals surface area contributed by atoms with Gasteiger partial charge in [0.15, 0.2) is 5.13 Å². The van der Waals surface area contributed by atoms with Crippen LogP contribution in [-0.2, 0) is 4.74 Å². The molecular weight excluding hydrogens is 304 g/mol. The number of hydrogen-bond acceptors (Lipinski definition) is 5. The SMILES string of the molecule is CC(C)(C)OC(=O)Nc1nc(-c2ccccc2)c(C(=O)O)s1. The highest BCUT2D eigenvalue weighted by atomic mass is 32.1. The summed E-state index contributed by atoms with van der Waals surface area (Å²) in [5, 5.41) is 11.9. The second kappa shape index (κ2) is 6.15. The number of thiazole rings is 1. The first kappa shape index (κ1) is 16.0. The molecule has 0 atom stereocenters. The molecule has 0 aliphatic heterocycles. The molecule has 0 saturated heterocycles. The maximum absolute atomic E-state index is 11.7. The Balaban J connectivity index is 2.28. The summed E-state index contributed by atoms with van der Waals surface area (Å²) in [7, 11) is 0. The fourth-order valence-corrected chi connectivity index (χ4v) is 2.51. The van der Waals surface area contributed by atoms with Crippen LogP contribution in [0.4, 0.5) is 9.93 Å². The zero-order valence-corrected chi connectivity index (χ0v) is 13.2. The molecule has 2 aromatic rings. The van der Waals surface area contributed by atoms with E-state index in [9.17, 15) is 14.7 Å². The Hall–Kier alpha value is -2.41. The lowest BCUT2D eigenvalue weighted by atomic mass is 10.1. The van der Waals surface area contributed by atoms with Crippen molar-refractivity contribution in [1.82, 2.24) is 4.98 Å². The summed E-state index contributed by atoms with van der Waals surface area (Å²) in [5.41, 5.74) is 0.358. The van der Waals surface area contributed by atoms with Gasteiger partial charge in [-0.1, -0.05) is 41.7 Å². The molecule has 6 nitrogen and oxygen atoms in total. The number of rotatable bonds is 3. The molecule has 2 rings (SSSR count). The highest BCUT2D eigenvalue weighted by Crippen LogP contribution is 2.31. The van der Waals surface area contributed by atoms with Gasteiger partial charge in [0.2, 0.25) is 0 Å². The molecular formula is C15H16N2O4S. The molecule has 116 valence electrons. The molecule has 2 N–H and O–H groups in total. The molecule has 1 aromatic carbocycles. The predicted octanol–water partition coefficient (Wildman–Crippen LogP) is 3.86. The van der Waals surface area contributed by atoms with Crippen LogP contribution >= 0.6 is 11.3 Å². The van der Waals surface area contributed by atoms with E-state index in [0.29, 0.717) is 11.3 Å². The van der Waals surface area contributed by atoms with Crippen molar-refractivity contribution in [2.75, 3.05) is 5.32 Å². The van der Waals surface area contributed by atoms with Crippen LogP contribution in [0, 0.1) is 0 Å². The molecule has 0 bridgehead atoms. The summed E-state index contributed by atoms with van der Waals surface area (Å²) >= 11 is 0.894. The molecule has 0 aliphatic carbocycles. The van der Waals surface area contributed by atoms with Gasteiger partial charge >= 0.3 is 12.1 Å². The summed E-state index contributed by atoms with van der Waals surface area (Å²) in [4.78, 5) is 27.4. The van der Waals surface area contributed by atoms with Crippen LogP contribution in [0.3, 0.4) is 0 Å². The Morgan fingerprint density at radius 2 is 1.86 bits per heavy atom. The normalized spacial score (nSPS) is 11.0. The topological polar surface area (TPSA) is 88.5 Å². The van der Waals surface area contributed by atoms with Gasteiger partial charge in [0, 0.05) is 5.56 Å². The first-order valence-electron chi connectivity index (χ1n) is 6.56. The number of nitrogens with one attached hydrogen (secondary N) is 1. The number of nitrogens with zero attached hydrogens (tertiary/aromatic N) is 1. The summed E-state index contributed by atoms with van der Waals surface area (Å²) in [6.07, 6.45) is -0.669. The highest BCUT2D eigenvalue weighted by Gasteiger charge is 2.22. The number of benzene rings is 1. The number of amides is 1. The maximum Gasteiger partial charge on any atom is 0.413 e. The van der Waals surface area contributed by atoms with Gasteiger partial charge in [-0.3, -0.25) is 5.32 Å². The highest BCUT2D eigenvalue weighted by molar-refractivity contribution is 7.18. The maximum atomic E-state index is 11.7. The van der Waals surface area contributed by atoms with Crippen molar-refractivity contribution < 1.29 is 19.4 Å². The molecule has 0 aliphatic rings. The van der Waals surface area contributed by atoms with Gasteiger partial charge < -0.3 is 9.84 Å². The lowest BCUT2D eigenvalue weighted by molar-refractivity contribution is 0.0634. The monoisotopic (exact) mass is 320 g/mol. The van der Waals surface area contributed by atoms with Crippen LogP contribution in [0.25, 0.3) is 11.3 Å². The number of carbonyl (C=O) groups excluding carboxylic acids is 1. The van der Waals surface area contributed by atoms with Crippen molar-refractivity contribution in [3.05, 3.63) is 35.2 Å². The van der Waals surface area contributed by atoms with Crippen molar-refractivity contribution >= 4 is 28.5 Å². The quantitative estimate of drug-likeness (QED) is 0.896. The lowest BCUT2D eigenvalue weighted by Gasteiger charge is -2.18. The Labute approximate surface area is 131 Å². The summed E-state index contributed by atoms with van der Waals surface area (Å²) in [6, 6.07) is 8.94. The lowest BCUT2D eigenvalue weighted by Crippen LogP contribution is -2.27. The number of ether oxygens (including phenoxy) is 1. The standard InChI is InChI=1S/C15H16N2O4S/c1-15(2,3)21-14(20)17-13-16-10(11(22-13)12(18)19)9-7-5-4-6-8-9/h4-8H,1-3H3,(H,18,19)(H,16,17,20). The van der Waals surface area contributed by atoms with E-state index < -0.39 is 17.7 Å². The van der Waals surface area contributed by atoms with E-state index in [0.717, 1.165) is 11.3 Å². The van der Waals surface area contributed by atoms with E-state index in [-0.39, 0.29) is 10.0 Å². The molecule has 0 unspecified atom stereocenters. The van der Waals surface area contributed by atoms with Gasteiger partial charge in [-0.2, -0.15) is 0 Å². The van der Waals surface area contributed by atoms with Gasteiger partial charge in [0.1, 0.15) is 10.5 Å². The largest absolute Gasteiger partial charge is 0.477 e. The first-order valence-corrected chi connectivity index (χ1v) is 7.37. The third-order valence-corrected chi connectivity index (χ3v) is 3.44. The molecule has 1 heterocycles. The minimum atomic E-state index is -1.09.